The Kier molecular flexibility index (Phi) is 25.2. The molecule has 0 aliphatic carbocycles. The van der Waals surface area contributed by atoms with E-state index in [1.54, 1.807) is 164 Å². The summed E-state index contributed by atoms with van der Waals surface area (Å²) in [7, 11) is 1.16. The zero-order valence-corrected chi connectivity index (χ0v) is 57.0. The number of rotatable bonds is 26. The van der Waals surface area contributed by atoms with Crippen LogP contribution in [0, 0.1) is 0 Å². The molecular formula is C82H70O25. The molecule has 0 bridgehead atoms. The number of carbonyl (C=O) groups is 9. The van der Waals surface area contributed by atoms with E-state index in [9.17, 15) is 48.3 Å². The second-order valence-electron chi connectivity index (χ2n) is 24.4. The standard InChI is InChI=1S/C82H70O25/c1-93-80-68(104-77(90)56-41-23-8-24-42-56)65(107-82-70(106-79(92)58-45-27-10-28-46-58)67(103-76(89)55-39-21-7-22-40-55)64(101-74(87)53-35-17-5-18-36-53)61(99-82)49-95-72(85)51-31-13-3-14-32-51)62(83)59(97-80)47-96-81-69(105-78(91)57-43-25-9-26-44-57)66(102-75(88)54-37-19-6-20-38-54)63(100-73(86)52-33-15-4-16-34-52)60(98-81)48-94-71(84)50-29-11-2-12-30-50/h2-46,59-70,80-83H,47-49H2,1H3/t59?,60?,61?,62-,63-,64-,65?,66?,67?,68?,69?,70?,80+,81-,82+/m1/s1. The highest BCUT2D eigenvalue weighted by molar-refractivity contribution is 5.94. The molecular weight excluding hydrogens is 1380 g/mol. The molecule has 25 heteroatoms. The van der Waals surface area contributed by atoms with Crippen molar-refractivity contribution < 1.29 is 119 Å². The molecule has 25 nitrogen and oxygen atoms in total. The average molecular weight is 1460 g/mol. The molecule has 0 amide bonds. The van der Waals surface area contributed by atoms with Gasteiger partial charge in [-0.3, -0.25) is 0 Å². The summed E-state index contributed by atoms with van der Waals surface area (Å²) in [6.45, 7) is -2.45. The highest BCUT2D eigenvalue weighted by atomic mass is 16.8. The largest absolute Gasteiger partial charge is 0.459 e. The van der Waals surface area contributed by atoms with Crippen molar-refractivity contribution in [2.45, 2.75) is 92.1 Å². The Balaban J connectivity index is 0.954. The van der Waals surface area contributed by atoms with Gasteiger partial charge in [-0.25, -0.2) is 43.2 Å². The minimum atomic E-state index is -2.17. The fraction of sp³-hybridized carbons (Fsp3) is 0.232. The molecule has 1 N–H and O–H groups in total. The molecule has 0 spiro atoms. The van der Waals surface area contributed by atoms with Crippen molar-refractivity contribution in [1.29, 1.82) is 0 Å². The number of aliphatic hydroxyl groups is 1. The topological polar surface area (TPSA) is 312 Å². The van der Waals surface area contributed by atoms with Gasteiger partial charge in [0.1, 0.15) is 43.7 Å². The molecule has 0 saturated carbocycles. The van der Waals surface area contributed by atoms with Gasteiger partial charge in [0, 0.05) is 7.11 Å². The number of esters is 9. The van der Waals surface area contributed by atoms with Gasteiger partial charge in [-0.05, 0) is 109 Å². The summed E-state index contributed by atoms with van der Waals surface area (Å²) in [6, 6.07) is 69.0. The molecule has 12 rings (SSSR count). The molecule has 3 aliphatic heterocycles. The molecule has 3 aliphatic rings. The van der Waals surface area contributed by atoms with E-state index in [-0.39, 0.29) is 50.1 Å². The molecule has 15 atom stereocenters. The summed E-state index contributed by atoms with van der Waals surface area (Å²) < 4.78 is 95.0. The van der Waals surface area contributed by atoms with E-state index in [0.717, 1.165) is 7.11 Å². The van der Waals surface area contributed by atoms with Gasteiger partial charge < -0.3 is 76.2 Å². The van der Waals surface area contributed by atoms with Crippen LogP contribution < -0.4 is 0 Å². The number of benzene rings is 9. The first-order valence-corrected chi connectivity index (χ1v) is 33.9. The van der Waals surface area contributed by atoms with Crippen LogP contribution in [-0.2, 0) is 71.1 Å². The molecule has 3 saturated heterocycles. The highest BCUT2D eigenvalue weighted by Gasteiger charge is 2.59. The zero-order chi connectivity index (χ0) is 74.6. The average Bonchev–Trinajstić information content (AvgIpc) is 0.767. The lowest BCUT2D eigenvalue weighted by Crippen LogP contribution is -2.67. The zero-order valence-electron chi connectivity index (χ0n) is 57.0. The van der Waals surface area contributed by atoms with Gasteiger partial charge in [-0.15, -0.1) is 0 Å². The van der Waals surface area contributed by atoms with Crippen molar-refractivity contribution in [3.63, 3.8) is 0 Å². The Morgan fingerprint density at radius 1 is 0.262 bits per heavy atom. The molecule has 3 fully saturated rings. The van der Waals surface area contributed by atoms with E-state index in [2.05, 4.69) is 0 Å². The van der Waals surface area contributed by atoms with E-state index >= 15 is 0 Å². The van der Waals surface area contributed by atoms with Gasteiger partial charge in [0.25, 0.3) is 0 Å². The third-order valence-corrected chi connectivity index (χ3v) is 17.3. The van der Waals surface area contributed by atoms with Gasteiger partial charge in [0.2, 0.25) is 0 Å². The predicted octanol–water partition coefficient (Wildman–Crippen LogP) is 9.86. The molecule has 3 heterocycles. The lowest BCUT2D eigenvalue weighted by molar-refractivity contribution is -0.361. The van der Waals surface area contributed by atoms with Crippen LogP contribution in [0.1, 0.15) is 93.2 Å². The maximum Gasteiger partial charge on any atom is 0.338 e. The Morgan fingerprint density at radius 2 is 0.486 bits per heavy atom. The third kappa shape index (κ3) is 18.9. The van der Waals surface area contributed by atoms with Crippen LogP contribution in [0.4, 0.5) is 0 Å². The minimum absolute atomic E-state index is 0.000452. The normalized spacial score (nSPS) is 23.8. The number of ether oxygens (including phenoxy) is 15. The molecule has 9 aromatic carbocycles. The first-order chi connectivity index (χ1) is 52.2. The van der Waals surface area contributed by atoms with E-state index in [4.69, 9.17) is 71.1 Å². The second-order valence-corrected chi connectivity index (χ2v) is 24.4. The van der Waals surface area contributed by atoms with Crippen molar-refractivity contribution in [3.8, 4) is 0 Å². The van der Waals surface area contributed by atoms with Crippen LogP contribution in [0.5, 0.6) is 0 Å². The monoisotopic (exact) mass is 1450 g/mol. The van der Waals surface area contributed by atoms with Crippen LogP contribution in [0.3, 0.4) is 0 Å². The Morgan fingerprint density at radius 3 is 0.766 bits per heavy atom. The number of hydrogen-bond donors (Lipinski definition) is 1. The summed E-state index contributed by atoms with van der Waals surface area (Å²) >= 11 is 0. The Labute approximate surface area is 612 Å². The first kappa shape index (κ1) is 74.6. The molecule has 9 aromatic rings. The Hall–Kier alpha value is -12.1. The van der Waals surface area contributed by atoms with E-state index in [1.807, 2.05) is 0 Å². The van der Waals surface area contributed by atoms with Crippen LogP contribution in [0.2, 0.25) is 0 Å². The van der Waals surface area contributed by atoms with Crippen molar-refractivity contribution in [2.24, 2.45) is 0 Å². The second kappa shape index (κ2) is 36.1. The SMILES string of the molecule is CO[C@H]1OC(CO[C@@H]2OC(COC(=O)c3ccccc3)[C@@H](OC(=O)c3ccccc3)C(OC(=O)c3ccccc3)C2OC(=O)c2ccccc2)[C@@H](O)C(O[C@@H]2OC(COC(=O)c3ccccc3)[C@@H](OC(=O)c3ccccc3)C(OC(=O)c3ccccc3)C2OC(=O)c2ccccc2)C1OC(=O)c1ccccc1. The number of aliphatic hydroxyl groups excluding tert-OH is 1. The lowest BCUT2D eigenvalue weighted by Gasteiger charge is -2.48. The van der Waals surface area contributed by atoms with E-state index in [0.29, 0.717) is 0 Å². The highest BCUT2D eigenvalue weighted by Crippen LogP contribution is 2.38. The maximum atomic E-state index is 14.8. The van der Waals surface area contributed by atoms with Gasteiger partial charge in [-0.1, -0.05) is 164 Å². The van der Waals surface area contributed by atoms with Gasteiger partial charge >= 0.3 is 53.7 Å². The van der Waals surface area contributed by atoms with Crippen LogP contribution in [0.15, 0.2) is 273 Å². The van der Waals surface area contributed by atoms with Crippen molar-refractivity contribution in [1.82, 2.24) is 0 Å². The lowest BCUT2D eigenvalue weighted by atomic mass is 9.95. The van der Waals surface area contributed by atoms with Gasteiger partial charge in [-0.2, -0.15) is 0 Å². The third-order valence-electron chi connectivity index (χ3n) is 17.3. The smallest absolute Gasteiger partial charge is 0.338 e. The van der Waals surface area contributed by atoms with Gasteiger partial charge in [0.15, 0.2) is 61.6 Å². The number of carbonyl (C=O) groups excluding carboxylic acids is 9. The van der Waals surface area contributed by atoms with Crippen molar-refractivity contribution in [3.05, 3.63) is 323 Å². The molecule has 548 valence electrons. The summed E-state index contributed by atoms with van der Waals surface area (Å²) in [5, 5.41) is 13.3. The van der Waals surface area contributed by atoms with E-state index < -0.39 is 166 Å². The summed E-state index contributed by atoms with van der Waals surface area (Å²) in [5.74, 6) is -8.94. The van der Waals surface area contributed by atoms with E-state index in [1.165, 1.54) is 109 Å². The maximum absolute atomic E-state index is 14.8. The Bertz CT molecular complexity index is 4450. The number of hydrogen-bond acceptors (Lipinski definition) is 25. The molecule has 0 radical (unpaired) electrons. The van der Waals surface area contributed by atoms with Crippen molar-refractivity contribution >= 4 is 53.7 Å². The molecule has 107 heavy (non-hydrogen) atoms. The van der Waals surface area contributed by atoms with Crippen LogP contribution in [0.25, 0.3) is 0 Å². The summed E-state index contributed by atoms with van der Waals surface area (Å²) in [6.07, 6.45) is -28.9. The fourth-order valence-electron chi connectivity index (χ4n) is 11.9. The summed E-state index contributed by atoms with van der Waals surface area (Å²) in [4.78, 5) is 130. The molecule has 0 aromatic heterocycles. The predicted molar refractivity (Wildman–Crippen MR) is 373 cm³/mol. The van der Waals surface area contributed by atoms with Crippen molar-refractivity contribution in [2.75, 3.05) is 26.9 Å². The number of methoxy groups -OCH3 is 1. The summed E-state index contributed by atoms with van der Waals surface area (Å²) in [5.41, 5.74) is 0.0812. The van der Waals surface area contributed by atoms with Gasteiger partial charge in [0.05, 0.1) is 56.7 Å². The van der Waals surface area contributed by atoms with Crippen LogP contribution >= 0.6 is 0 Å². The quantitative estimate of drug-likeness (QED) is 0.0389. The fourth-order valence-corrected chi connectivity index (χ4v) is 11.9. The van der Waals surface area contributed by atoms with Crippen LogP contribution in [-0.4, -0.2) is 178 Å². The first-order valence-electron chi connectivity index (χ1n) is 33.9. The molecule has 9 unspecified atom stereocenters. The minimum Gasteiger partial charge on any atom is -0.459 e.